The number of nitrogens with zero attached hydrogens (tertiary/aromatic N) is 3. The fourth-order valence-electron chi connectivity index (χ4n) is 3.65. The predicted octanol–water partition coefficient (Wildman–Crippen LogP) is 2.40. The minimum Gasteiger partial charge on any atom is -0.366 e. The molecule has 1 unspecified atom stereocenters. The summed E-state index contributed by atoms with van der Waals surface area (Å²) in [5.41, 5.74) is 0.760. The maximum atomic E-state index is 13.3. The lowest BCUT2D eigenvalue weighted by Crippen LogP contribution is -2.54. The van der Waals surface area contributed by atoms with Crippen molar-refractivity contribution in [3.63, 3.8) is 0 Å². The maximum absolute atomic E-state index is 13.3. The average molecular weight is 327 g/mol. The molecule has 2 aliphatic rings. The van der Waals surface area contributed by atoms with Gasteiger partial charge in [-0.05, 0) is 18.4 Å². The summed E-state index contributed by atoms with van der Waals surface area (Å²) in [4.78, 5) is 19.4. The lowest BCUT2D eigenvalue weighted by Gasteiger charge is -2.45. The van der Waals surface area contributed by atoms with Gasteiger partial charge in [-0.25, -0.2) is 0 Å². The summed E-state index contributed by atoms with van der Waals surface area (Å²) in [6.45, 7) is 3.34. The number of carbonyl (C=O) groups excluding carboxylic acids is 1. The van der Waals surface area contributed by atoms with Gasteiger partial charge in [0.05, 0.1) is 18.6 Å². The first-order chi connectivity index (χ1) is 11.7. The molecular weight excluding hydrogens is 306 g/mol. The molecule has 126 valence electrons. The summed E-state index contributed by atoms with van der Waals surface area (Å²) in [6.07, 6.45) is 2.62. The number of rotatable bonds is 3. The Kier molecular flexibility index (Phi) is 3.84. The monoisotopic (exact) mass is 327 g/mol. The van der Waals surface area contributed by atoms with Crippen molar-refractivity contribution >= 4 is 5.91 Å². The van der Waals surface area contributed by atoms with E-state index < -0.39 is 0 Å². The van der Waals surface area contributed by atoms with E-state index >= 15 is 0 Å². The molecule has 4 rings (SSSR count). The molecule has 1 aliphatic heterocycles. The number of carbonyl (C=O) groups is 1. The van der Waals surface area contributed by atoms with E-state index in [1.54, 1.807) is 6.92 Å². The van der Waals surface area contributed by atoms with E-state index in [9.17, 15) is 4.79 Å². The number of amides is 1. The molecule has 6 heteroatoms. The molecule has 1 atom stereocenters. The van der Waals surface area contributed by atoms with E-state index in [2.05, 4.69) is 22.3 Å². The highest BCUT2D eigenvalue weighted by Crippen LogP contribution is 2.45. The molecule has 1 aliphatic carbocycles. The van der Waals surface area contributed by atoms with Gasteiger partial charge in [-0.15, -0.1) is 0 Å². The number of hydrogen-bond donors (Lipinski definition) is 0. The van der Waals surface area contributed by atoms with Gasteiger partial charge in [-0.3, -0.25) is 4.79 Å². The van der Waals surface area contributed by atoms with Gasteiger partial charge < -0.3 is 14.2 Å². The van der Waals surface area contributed by atoms with E-state index in [1.807, 2.05) is 23.1 Å². The van der Waals surface area contributed by atoms with Crippen molar-refractivity contribution in [3.8, 4) is 0 Å². The van der Waals surface area contributed by atoms with E-state index in [0.29, 0.717) is 31.4 Å². The van der Waals surface area contributed by atoms with Crippen LogP contribution < -0.4 is 0 Å². The Morgan fingerprint density at radius 2 is 2.08 bits per heavy atom. The first-order valence-electron chi connectivity index (χ1n) is 8.46. The van der Waals surface area contributed by atoms with E-state index in [-0.39, 0.29) is 17.4 Å². The van der Waals surface area contributed by atoms with Crippen LogP contribution in [0.25, 0.3) is 0 Å². The summed E-state index contributed by atoms with van der Waals surface area (Å²) in [6, 6.07) is 10.1. The molecule has 1 saturated carbocycles. The van der Waals surface area contributed by atoms with Gasteiger partial charge in [-0.2, -0.15) is 4.98 Å². The van der Waals surface area contributed by atoms with Gasteiger partial charge in [0.1, 0.15) is 6.10 Å². The quantitative estimate of drug-likeness (QED) is 0.866. The molecule has 2 aromatic rings. The van der Waals surface area contributed by atoms with Crippen LogP contribution in [0.1, 0.15) is 42.6 Å². The van der Waals surface area contributed by atoms with Crippen LogP contribution in [-0.4, -0.2) is 40.6 Å². The Morgan fingerprint density at radius 1 is 1.29 bits per heavy atom. The Bertz CT molecular complexity index is 724. The highest BCUT2D eigenvalue weighted by molar-refractivity contribution is 5.89. The van der Waals surface area contributed by atoms with E-state index in [0.717, 1.165) is 24.8 Å². The zero-order valence-corrected chi connectivity index (χ0v) is 13.8. The summed E-state index contributed by atoms with van der Waals surface area (Å²) < 4.78 is 10.8. The standard InChI is InChI=1S/C18H21N3O3/c1-13-19-16(20-24-13)15-12-21(10-11-23-15)17(22)18(8-5-9-18)14-6-3-2-4-7-14/h2-4,6-7,15H,5,8-12H2,1H3. The van der Waals surface area contributed by atoms with E-state index in [1.165, 1.54) is 0 Å². The van der Waals surface area contributed by atoms with Crippen LogP contribution in [0.2, 0.25) is 0 Å². The smallest absolute Gasteiger partial charge is 0.233 e. The van der Waals surface area contributed by atoms with E-state index in [4.69, 9.17) is 9.26 Å². The fraction of sp³-hybridized carbons (Fsp3) is 0.500. The minimum absolute atomic E-state index is 0.202. The molecule has 1 amide bonds. The highest BCUT2D eigenvalue weighted by atomic mass is 16.5. The molecule has 0 bridgehead atoms. The predicted molar refractivity (Wildman–Crippen MR) is 86.3 cm³/mol. The summed E-state index contributed by atoms with van der Waals surface area (Å²) in [5, 5.41) is 3.94. The molecule has 6 nitrogen and oxygen atoms in total. The zero-order valence-electron chi connectivity index (χ0n) is 13.8. The molecule has 0 N–H and O–H groups in total. The molecule has 0 radical (unpaired) electrons. The van der Waals surface area contributed by atoms with Crippen LogP contribution in [0.15, 0.2) is 34.9 Å². The molecule has 2 heterocycles. The van der Waals surface area contributed by atoms with Crippen LogP contribution in [0.5, 0.6) is 0 Å². The van der Waals surface area contributed by atoms with Crippen molar-refractivity contribution < 1.29 is 14.1 Å². The molecule has 0 spiro atoms. The number of aryl methyl sites for hydroxylation is 1. The third kappa shape index (κ3) is 2.51. The summed E-state index contributed by atoms with van der Waals surface area (Å²) in [5.74, 6) is 1.23. The fourth-order valence-corrected chi connectivity index (χ4v) is 3.65. The lowest BCUT2D eigenvalue weighted by atomic mass is 9.63. The second-order valence-corrected chi connectivity index (χ2v) is 6.58. The van der Waals surface area contributed by atoms with Crippen molar-refractivity contribution in [1.82, 2.24) is 15.0 Å². The molecule has 2 fully saturated rings. The number of benzene rings is 1. The normalized spacial score (nSPS) is 22.9. The van der Waals surface area contributed by atoms with Crippen LogP contribution in [-0.2, 0) is 14.9 Å². The summed E-state index contributed by atoms with van der Waals surface area (Å²) in [7, 11) is 0. The van der Waals surface area contributed by atoms with Crippen LogP contribution >= 0.6 is 0 Å². The lowest BCUT2D eigenvalue weighted by molar-refractivity contribution is -0.149. The van der Waals surface area contributed by atoms with Crippen LogP contribution in [0, 0.1) is 6.92 Å². The third-order valence-electron chi connectivity index (χ3n) is 5.13. The average Bonchev–Trinajstić information content (AvgIpc) is 3.01. The zero-order chi connectivity index (χ0) is 16.6. The van der Waals surface area contributed by atoms with Gasteiger partial charge >= 0.3 is 0 Å². The summed E-state index contributed by atoms with van der Waals surface area (Å²) >= 11 is 0. The molecule has 1 aromatic heterocycles. The van der Waals surface area contributed by atoms with Crippen molar-refractivity contribution in [2.45, 2.75) is 37.7 Å². The number of ether oxygens (including phenoxy) is 1. The Balaban J connectivity index is 1.55. The molecular formula is C18H21N3O3. The van der Waals surface area contributed by atoms with Crippen LogP contribution in [0.4, 0.5) is 0 Å². The minimum atomic E-state index is -0.365. The number of hydrogen-bond acceptors (Lipinski definition) is 5. The Labute approximate surface area is 140 Å². The van der Waals surface area contributed by atoms with Gasteiger partial charge in [0.15, 0.2) is 0 Å². The second-order valence-electron chi connectivity index (χ2n) is 6.58. The second kappa shape index (κ2) is 6.02. The largest absolute Gasteiger partial charge is 0.366 e. The molecule has 1 aromatic carbocycles. The van der Waals surface area contributed by atoms with Crippen LogP contribution in [0.3, 0.4) is 0 Å². The number of aromatic nitrogens is 2. The van der Waals surface area contributed by atoms with Gasteiger partial charge in [0.2, 0.25) is 17.6 Å². The topological polar surface area (TPSA) is 68.5 Å². The van der Waals surface area contributed by atoms with Gasteiger partial charge in [0.25, 0.3) is 0 Å². The van der Waals surface area contributed by atoms with Crippen molar-refractivity contribution in [2.24, 2.45) is 0 Å². The van der Waals surface area contributed by atoms with Gasteiger partial charge in [-0.1, -0.05) is 41.9 Å². The molecule has 24 heavy (non-hydrogen) atoms. The highest BCUT2D eigenvalue weighted by Gasteiger charge is 2.48. The van der Waals surface area contributed by atoms with Crippen molar-refractivity contribution in [1.29, 1.82) is 0 Å². The number of morpholine rings is 1. The third-order valence-corrected chi connectivity index (χ3v) is 5.13. The maximum Gasteiger partial charge on any atom is 0.233 e. The first-order valence-corrected chi connectivity index (χ1v) is 8.46. The molecule has 1 saturated heterocycles. The SMILES string of the molecule is Cc1nc(C2CN(C(=O)C3(c4ccccc4)CCC3)CCO2)no1. The van der Waals surface area contributed by atoms with Gasteiger partial charge in [0, 0.05) is 13.5 Å². The Morgan fingerprint density at radius 3 is 2.71 bits per heavy atom. The van der Waals surface area contributed by atoms with Crippen molar-refractivity contribution in [2.75, 3.05) is 19.7 Å². The van der Waals surface area contributed by atoms with Crippen molar-refractivity contribution in [3.05, 3.63) is 47.6 Å². The first kappa shape index (κ1) is 15.3. The Hall–Kier alpha value is -2.21.